The van der Waals surface area contributed by atoms with Crippen LogP contribution in [-0.2, 0) is 10.2 Å². The van der Waals surface area contributed by atoms with Gasteiger partial charge in [0.05, 0.1) is 12.6 Å². The summed E-state index contributed by atoms with van der Waals surface area (Å²) in [4.78, 5) is 11.9. The lowest BCUT2D eigenvalue weighted by Crippen LogP contribution is -2.37. The van der Waals surface area contributed by atoms with E-state index in [-0.39, 0.29) is 11.3 Å². The number of carbonyl (C=O) groups is 1. The van der Waals surface area contributed by atoms with Gasteiger partial charge in [-0.25, -0.2) is 0 Å². The van der Waals surface area contributed by atoms with Gasteiger partial charge in [0.15, 0.2) is 0 Å². The van der Waals surface area contributed by atoms with Crippen LogP contribution in [0.15, 0.2) is 18.2 Å². The predicted octanol–water partition coefficient (Wildman–Crippen LogP) is 2.42. The molecule has 0 bridgehead atoms. The van der Waals surface area contributed by atoms with Crippen LogP contribution in [-0.4, -0.2) is 18.6 Å². The number of amides is 1. The minimum atomic E-state index is -0.651. The molecule has 0 spiro atoms. The highest BCUT2D eigenvalue weighted by Gasteiger charge is 2.46. The van der Waals surface area contributed by atoms with E-state index >= 15 is 0 Å². The Balaban J connectivity index is 2.25. The second kappa shape index (κ2) is 4.53. The molecule has 0 unspecified atom stereocenters. The molecule has 1 fully saturated rings. The Labute approximate surface area is 114 Å². The molecule has 0 atom stereocenters. The molecule has 4 heteroatoms. The third-order valence-corrected chi connectivity index (χ3v) is 3.51. The minimum absolute atomic E-state index is 0.0495. The van der Waals surface area contributed by atoms with Gasteiger partial charge in [0.2, 0.25) is 5.91 Å². The maximum atomic E-state index is 11.9. The summed E-state index contributed by atoms with van der Waals surface area (Å²) >= 11 is 0. The maximum Gasteiger partial charge on any atom is 0.244 e. The molecule has 0 radical (unpaired) electrons. The van der Waals surface area contributed by atoms with E-state index in [1.165, 1.54) is 0 Å². The predicted molar refractivity (Wildman–Crippen MR) is 76.5 cm³/mol. The van der Waals surface area contributed by atoms with Gasteiger partial charge in [-0.05, 0) is 36.5 Å². The van der Waals surface area contributed by atoms with Crippen molar-refractivity contribution < 1.29 is 9.53 Å². The second-order valence-electron chi connectivity index (χ2n) is 6.28. The fourth-order valence-corrected chi connectivity index (χ4v) is 1.99. The molecule has 1 aliphatic carbocycles. The minimum Gasteiger partial charge on any atom is -0.496 e. The molecule has 0 saturated heterocycles. The van der Waals surface area contributed by atoms with E-state index in [2.05, 4.69) is 26.1 Å². The van der Waals surface area contributed by atoms with Gasteiger partial charge in [-0.1, -0.05) is 20.8 Å². The van der Waals surface area contributed by atoms with Crippen molar-refractivity contribution in [2.45, 2.75) is 44.6 Å². The van der Waals surface area contributed by atoms with Crippen molar-refractivity contribution in [3.05, 3.63) is 23.8 Å². The van der Waals surface area contributed by atoms with Gasteiger partial charge >= 0.3 is 0 Å². The summed E-state index contributed by atoms with van der Waals surface area (Å²) in [5, 5.41) is 2.89. The molecule has 0 heterocycles. The van der Waals surface area contributed by atoms with Crippen LogP contribution in [0.1, 0.15) is 39.2 Å². The van der Waals surface area contributed by atoms with Crippen LogP contribution < -0.4 is 15.8 Å². The van der Waals surface area contributed by atoms with Gasteiger partial charge in [0, 0.05) is 11.3 Å². The van der Waals surface area contributed by atoms with E-state index in [0.29, 0.717) is 0 Å². The highest BCUT2D eigenvalue weighted by atomic mass is 16.5. The SMILES string of the molecule is COc1ccc(NC(=O)C2(N)CC2)cc1C(C)(C)C. The summed E-state index contributed by atoms with van der Waals surface area (Å²) in [7, 11) is 1.65. The molecular weight excluding hydrogens is 240 g/mol. The van der Waals surface area contributed by atoms with E-state index in [1.54, 1.807) is 7.11 Å². The van der Waals surface area contributed by atoms with Crippen molar-refractivity contribution in [1.29, 1.82) is 0 Å². The Morgan fingerprint density at radius 2 is 2.00 bits per heavy atom. The van der Waals surface area contributed by atoms with Crippen molar-refractivity contribution in [3.8, 4) is 5.75 Å². The number of hydrogen-bond acceptors (Lipinski definition) is 3. The number of methoxy groups -OCH3 is 1. The van der Waals surface area contributed by atoms with Crippen LogP contribution in [0, 0.1) is 0 Å². The molecule has 0 aliphatic heterocycles. The van der Waals surface area contributed by atoms with E-state index in [4.69, 9.17) is 10.5 Å². The van der Waals surface area contributed by atoms with Crippen molar-refractivity contribution in [3.63, 3.8) is 0 Å². The molecule has 1 amide bonds. The van der Waals surface area contributed by atoms with Crippen LogP contribution in [0.4, 0.5) is 5.69 Å². The Morgan fingerprint density at radius 3 is 2.47 bits per heavy atom. The van der Waals surface area contributed by atoms with E-state index < -0.39 is 5.54 Å². The molecule has 4 nitrogen and oxygen atoms in total. The molecule has 1 aromatic carbocycles. The number of rotatable bonds is 3. The lowest BCUT2D eigenvalue weighted by Gasteiger charge is -2.23. The quantitative estimate of drug-likeness (QED) is 0.879. The third kappa shape index (κ3) is 2.89. The highest BCUT2D eigenvalue weighted by Crippen LogP contribution is 2.36. The monoisotopic (exact) mass is 262 g/mol. The zero-order valence-electron chi connectivity index (χ0n) is 12.0. The Hall–Kier alpha value is -1.55. The van der Waals surface area contributed by atoms with Crippen LogP contribution in [0.2, 0.25) is 0 Å². The first-order chi connectivity index (χ1) is 8.76. The molecule has 0 aromatic heterocycles. The largest absolute Gasteiger partial charge is 0.496 e. The lowest BCUT2D eigenvalue weighted by molar-refractivity contribution is -0.118. The zero-order valence-corrected chi connectivity index (χ0v) is 12.0. The standard InChI is InChI=1S/C15H22N2O2/c1-14(2,3)11-9-10(5-6-12(11)19-4)17-13(18)15(16)7-8-15/h5-6,9H,7-8,16H2,1-4H3,(H,17,18). The Bertz CT molecular complexity index is 499. The average molecular weight is 262 g/mol. The molecule has 104 valence electrons. The van der Waals surface area contributed by atoms with Crippen LogP contribution in [0.25, 0.3) is 0 Å². The van der Waals surface area contributed by atoms with Gasteiger partial charge < -0.3 is 15.8 Å². The number of carbonyl (C=O) groups excluding carboxylic acids is 1. The fourth-order valence-electron chi connectivity index (χ4n) is 1.99. The summed E-state index contributed by atoms with van der Waals surface area (Å²) in [5.74, 6) is 0.733. The van der Waals surface area contributed by atoms with E-state index in [1.807, 2.05) is 18.2 Å². The molecule has 1 saturated carbocycles. The molecule has 1 aromatic rings. The number of benzene rings is 1. The number of nitrogens with one attached hydrogen (secondary N) is 1. The fraction of sp³-hybridized carbons (Fsp3) is 0.533. The van der Waals surface area contributed by atoms with Crippen LogP contribution >= 0.6 is 0 Å². The summed E-state index contributed by atoms with van der Waals surface area (Å²) in [6.45, 7) is 6.34. The Kier molecular flexibility index (Phi) is 3.31. The summed E-state index contributed by atoms with van der Waals surface area (Å²) < 4.78 is 5.37. The van der Waals surface area contributed by atoms with Crippen molar-refractivity contribution in [2.75, 3.05) is 12.4 Å². The van der Waals surface area contributed by atoms with E-state index in [0.717, 1.165) is 29.8 Å². The number of hydrogen-bond donors (Lipinski definition) is 2. The van der Waals surface area contributed by atoms with Crippen molar-refractivity contribution in [1.82, 2.24) is 0 Å². The van der Waals surface area contributed by atoms with Crippen molar-refractivity contribution >= 4 is 11.6 Å². The van der Waals surface area contributed by atoms with E-state index in [9.17, 15) is 4.79 Å². The average Bonchev–Trinajstić information content (AvgIpc) is 3.07. The second-order valence-corrected chi connectivity index (χ2v) is 6.28. The summed E-state index contributed by atoms with van der Waals surface area (Å²) in [6.07, 6.45) is 1.53. The van der Waals surface area contributed by atoms with Gasteiger partial charge in [0.1, 0.15) is 5.75 Å². The van der Waals surface area contributed by atoms with Crippen LogP contribution in [0.3, 0.4) is 0 Å². The topological polar surface area (TPSA) is 64.3 Å². The normalized spacial score (nSPS) is 16.9. The third-order valence-electron chi connectivity index (χ3n) is 3.51. The zero-order chi connectivity index (χ0) is 14.3. The highest BCUT2D eigenvalue weighted by molar-refractivity contribution is 6.00. The summed E-state index contributed by atoms with van der Waals surface area (Å²) in [5.41, 5.74) is 7.02. The molecule has 2 rings (SSSR count). The first-order valence-electron chi connectivity index (χ1n) is 6.55. The summed E-state index contributed by atoms with van der Waals surface area (Å²) in [6, 6.07) is 5.69. The molecule has 19 heavy (non-hydrogen) atoms. The van der Waals surface area contributed by atoms with Gasteiger partial charge in [-0.3, -0.25) is 4.79 Å². The number of ether oxygens (including phenoxy) is 1. The van der Waals surface area contributed by atoms with Gasteiger partial charge in [-0.2, -0.15) is 0 Å². The van der Waals surface area contributed by atoms with Crippen molar-refractivity contribution in [2.24, 2.45) is 5.73 Å². The lowest BCUT2D eigenvalue weighted by atomic mass is 9.86. The molecule has 1 aliphatic rings. The first-order valence-corrected chi connectivity index (χ1v) is 6.55. The van der Waals surface area contributed by atoms with Gasteiger partial charge in [-0.15, -0.1) is 0 Å². The molecular formula is C15H22N2O2. The Morgan fingerprint density at radius 1 is 1.37 bits per heavy atom. The maximum absolute atomic E-state index is 11.9. The number of nitrogens with two attached hydrogens (primary N) is 1. The number of anilines is 1. The molecule has 3 N–H and O–H groups in total. The first kappa shape index (κ1) is 13.9. The van der Waals surface area contributed by atoms with Crippen LogP contribution in [0.5, 0.6) is 5.75 Å². The smallest absolute Gasteiger partial charge is 0.244 e. The van der Waals surface area contributed by atoms with Gasteiger partial charge in [0.25, 0.3) is 0 Å².